The van der Waals surface area contributed by atoms with Crippen LogP contribution in [0.3, 0.4) is 0 Å². The van der Waals surface area contributed by atoms with Gasteiger partial charge in [0.25, 0.3) is 5.91 Å². The number of phenols is 3. The molecule has 0 aliphatic carbocycles. The SMILES string of the molecule is COc1c(C)c(OC)c2c(c1O)[C@@H]1[C@@H]3Cc4c(OC)c(C)c(OC)c(O)c4[C@H](CNC(=O)c4ccc(C)cc4O)N3[C@@H](C#N)[C@H](C2)N1C. The van der Waals surface area contributed by atoms with E-state index in [4.69, 9.17) is 18.9 Å². The Hall–Kier alpha value is -4.86. The number of rotatable bonds is 7. The molecule has 2 bridgehead atoms. The standard InChI is InChI=1S/C36H42N4O8/c1-16-9-10-19(26(41)11-16)36(44)38-15-25-27-20(32(45-5)17(2)34(47-7)30(27)42)13-23-29-28-21(12-22(39(29)4)24(14-37)40(23)25)33(46-6)18(3)35(48-8)31(28)43/h9-11,22-25,29,41-43H,12-13,15H2,1-8H3,(H,38,44)/t22-,23-,24-,25-,29-/m0/s1. The highest BCUT2D eigenvalue weighted by Gasteiger charge is 2.57. The summed E-state index contributed by atoms with van der Waals surface area (Å²) in [5.74, 6) is 0.980. The van der Waals surface area contributed by atoms with Gasteiger partial charge < -0.3 is 39.6 Å². The van der Waals surface area contributed by atoms with E-state index < -0.39 is 30.1 Å². The molecule has 4 N–H and O–H groups in total. The van der Waals surface area contributed by atoms with E-state index in [0.717, 1.165) is 11.1 Å². The Morgan fingerprint density at radius 2 is 1.42 bits per heavy atom. The highest BCUT2D eigenvalue weighted by atomic mass is 16.5. The number of methoxy groups -OCH3 is 4. The van der Waals surface area contributed by atoms with Crippen LogP contribution in [-0.4, -0.2) is 91.2 Å². The lowest BCUT2D eigenvalue weighted by molar-refractivity contribution is -0.0724. The minimum atomic E-state index is -0.722. The summed E-state index contributed by atoms with van der Waals surface area (Å²) in [6.45, 7) is 5.45. The van der Waals surface area contributed by atoms with Crippen LogP contribution in [-0.2, 0) is 12.8 Å². The quantitative estimate of drug-likeness (QED) is 0.291. The fraction of sp³-hybridized carbons (Fsp3) is 0.444. The number of likely N-dealkylation sites (N-methyl/N-ethyl adjacent to an activating group) is 1. The Balaban J connectivity index is 1.58. The number of nitrogens with zero attached hydrogens (tertiary/aromatic N) is 3. The van der Waals surface area contributed by atoms with E-state index in [2.05, 4.69) is 21.2 Å². The minimum absolute atomic E-state index is 0.0146. The summed E-state index contributed by atoms with van der Waals surface area (Å²) in [5.41, 5.74) is 4.89. The fourth-order valence-electron chi connectivity index (χ4n) is 8.53. The molecule has 0 aromatic heterocycles. The summed E-state index contributed by atoms with van der Waals surface area (Å²) in [5, 5.41) is 48.0. The molecule has 5 atom stereocenters. The van der Waals surface area contributed by atoms with Crippen molar-refractivity contribution in [1.29, 1.82) is 5.26 Å². The van der Waals surface area contributed by atoms with Crippen LogP contribution < -0.4 is 24.3 Å². The first-order chi connectivity index (χ1) is 22.9. The molecule has 0 radical (unpaired) electrons. The van der Waals surface area contributed by atoms with Crippen molar-refractivity contribution in [2.75, 3.05) is 42.0 Å². The number of benzene rings is 3. The first-order valence-corrected chi connectivity index (χ1v) is 15.8. The molecule has 12 heteroatoms. The second kappa shape index (κ2) is 12.3. The van der Waals surface area contributed by atoms with E-state index in [-0.39, 0.29) is 41.1 Å². The van der Waals surface area contributed by atoms with Gasteiger partial charge in [-0.15, -0.1) is 0 Å². The predicted octanol–water partition coefficient (Wildman–Crippen LogP) is 3.96. The van der Waals surface area contributed by atoms with Gasteiger partial charge in [-0.3, -0.25) is 14.6 Å². The Bertz CT molecular complexity index is 1850. The lowest BCUT2D eigenvalue weighted by Crippen LogP contribution is -2.68. The van der Waals surface area contributed by atoms with Crippen molar-refractivity contribution in [2.24, 2.45) is 0 Å². The number of nitriles is 1. The first-order valence-electron chi connectivity index (χ1n) is 15.8. The average molecular weight is 659 g/mol. The molecular weight excluding hydrogens is 616 g/mol. The van der Waals surface area contributed by atoms with Crippen molar-refractivity contribution in [1.82, 2.24) is 15.1 Å². The second-order valence-corrected chi connectivity index (χ2v) is 12.8. The molecule has 1 saturated heterocycles. The van der Waals surface area contributed by atoms with Crippen LogP contribution in [0.5, 0.6) is 40.2 Å². The van der Waals surface area contributed by atoms with Gasteiger partial charge in [0.15, 0.2) is 23.0 Å². The van der Waals surface area contributed by atoms with E-state index in [1.165, 1.54) is 20.3 Å². The van der Waals surface area contributed by atoms with Gasteiger partial charge in [0.05, 0.1) is 52.2 Å². The van der Waals surface area contributed by atoms with Crippen LogP contribution in [0.15, 0.2) is 18.2 Å². The molecule has 3 heterocycles. The number of ether oxygens (including phenoxy) is 4. The number of hydrogen-bond donors (Lipinski definition) is 4. The normalized spacial score (nSPS) is 22.9. The number of hydrogen-bond acceptors (Lipinski definition) is 11. The molecule has 48 heavy (non-hydrogen) atoms. The van der Waals surface area contributed by atoms with Crippen molar-refractivity contribution in [3.63, 3.8) is 0 Å². The minimum Gasteiger partial charge on any atom is -0.507 e. The Kier molecular flexibility index (Phi) is 8.47. The van der Waals surface area contributed by atoms with Crippen LogP contribution in [0.1, 0.15) is 61.4 Å². The number of phenolic OH excluding ortho intramolecular Hbond substituents is 3. The fourth-order valence-corrected chi connectivity index (χ4v) is 8.53. The lowest BCUT2D eigenvalue weighted by Gasteiger charge is -2.60. The zero-order valence-corrected chi connectivity index (χ0v) is 28.5. The number of carbonyl (C=O) groups is 1. The van der Waals surface area contributed by atoms with Crippen molar-refractivity contribution < 1.29 is 39.1 Å². The predicted molar refractivity (Wildman–Crippen MR) is 177 cm³/mol. The summed E-state index contributed by atoms with van der Waals surface area (Å²) in [6, 6.07) is 4.76. The zero-order valence-electron chi connectivity index (χ0n) is 28.5. The monoisotopic (exact) mass is 658 g/mol. The number of nitrogens with one attached hydrogen (secondary N) is 1. The third-order valence-corrected chi connectivity index (χ3v) is 10.5. The van der Waals surface area contributed by atoms with Gasteiger partial charge in [0.2, 0.25) is 0 Å². The van der Waals surface area contributed by atoms with E-state index >= 15 is 0 Å². The maximum atomic E-state index is 13.5. The molecule has 1 fully saturated rings. The van der Waals surface area contributed by atoms with Gasteiger partial charge in [-0.2, -0.15) is 5.26 Å². The number of aryl methyl sites for hydroxylation is 1. The summed E-state index contributed by atoms with van der Waals surface area (Å²) in [6.07, 6.45) is 0.748. The maximum absolute atomic E-state index is 13.5. The molecule has 1 amide bonds. The molecule has 0 saturated carbocycles. The molecule has 254 valence electrons. The Morgan fingerprint density at radius 1 is 0.875 bits per heavy atom. The van der Waals surface area contributed by atoms with Crippen molar-refractivity contribution in [2.45, 2.75) is 63.8 Å². The van der Waals surface area contributed by atoms with Gasteiger partial charge in [-0.25, -0.2) is 0 Å². The van der Waals surface area contributed by atoms with E-state index in [0.29, 0.717) is 57.9 Å². The Labute approximate surface area is 280 Å². The Morgan fingerprint density at radius 3 is 1.96 bits per heavy atom. The summed E-state index contributed by atoms with van der Waals surface area (Å²) in [7, 11) is 8.08. The molecule has 3 aromatic rings. The van der Waals surface area contributed by atoms with Gasteiger partial charge in [-0.1, -0.05) is 6.07 Å². The molecule has 0 spiro atoms. The molecule has 3 aromatic carbocycles. The van der Waals surface area contributed by atoms with Crippen molar-refractivity contribution in [3.8, 4) is 46.3 Å². The first kappa shape index (κ1) is 33.1. The second-order valence-electron chi connectivity index (χ2n) is 12.8. The van der Waals surface area contributed by atoms with E-state index in [1.54, 1.807) is 26.4 Å². The summed E-state index contributed by atoms with van der Waals surface area (Å²) in [4.78, 5) is 17.7. The van der Waals surface area contributed by atoms with Crippen LogP contribution in [0.2, 0.25) is 0 Å². The lowest BCUT2D eigenvalue weighted by atomic mass is 9.71. The highest BCUT2D eigenvalue weighted by Crippen LogP contribution is 2.58. The third kappa shape index (κ3) is 4.67. The molecule has 6 rings (SSSR count). The summed E-state index contributed by atoms with van der Waals surface area (Å²) < 4.78 is 23.2. The van der Waals surface area contributed by atoms with Crippen LogP contribution >= 0.6 is 0 Å². The van der Waals surface area contributed by atoms with Crippen LogP contribution in [0.25, 0.3) is 0 Å². The molecule has 3 aliphatic rings. The smallest absolute Gasteiger partial charge is 0.255 e. The molecule has 12 nitrogen and oxygen atoms in total. The van der Waals surface area contributed by atoms with Crippen LogP contribution in [0.4, 0.5) is 0 Å². The highest BCUT2D eigenvalue weighted by molar-refractivity contribution is 5.97. The van der Waals surface area contributed by atoms with E-state index in [1.807, 2.05) is 27.8 Å². The number of amides is 1. The van der Waals surface area contributed by atoms with Crippen molar-refractivity contribution in [3.05, 3.63) is 62.7 Å². The number of piperazine rings is 1. The topological polar surface area (TPSA) is 157 Å². The van der Waals surface area contributed by atoms with Crippen molar-refractivity contribution >= 4 is 5.91 Å². The van der Waals surface area contributed by atoms with Crippen LogP contribution in [0, 0.1) is 32.1 Å². The van der Waals surface area contributed by atoms with Gasteiger partial charge in [0, 0.05) is 52.0 Å². The molecule has 3 aliphatic heterocycles. The number of carbonyl (C=O) groups excluding carboxylic acids is 1. The molecular formula is C36H42N4O8. The number of aromatic hydroxyl groups is 3. The number of fused-ring (bicyclic) bond motifs is 7. The van der Waals surface area contributed by atoms with E-state index in [9.17, 15) is 25.4 Å². The zero-order chi connectivity index (χ0) is 34.8. The molecule has 0 unspecified atom stereocenters. The third-order valence-electron chi connectivity index (χ3n) is 10.5. The van der Waals surface area contributed by atoms with Gasteiger partial charge in [0.1, 0.15) is 23.3 Å². The summed E-state index contributed by atoms with van der Waals surface area (Å²) >= 11 is 0. The maximum Gasteiger partial charge on any atom is 0.255 e. The average Bonchev–Trinajstić information content (AvgIpc) is 3.04. The van der Waals surface area contributed by atoms with Gasteiger partial charge >= 0.3 is 0 Å². The van der Waals surface area contributed by atoms with Gasteiger partial charge in [-0.05, 0) is 58.4 Å². The largest absolute Gasteiger partial charge is 0.507 e.